The van der Waals surface area contributed by atoms with Crippen LogP contribution >= 0.6 is 0 Å². The standard InChI is InChI=1S/C12H16.C4H10.2C2H6/c1-5-11-8-10(4)6-7-12(11)9(2)3;1-3-4-2;2*1-2/h6-8H,2,5H2,1,3-4H3;3-4H2,1-2H3;2*1-2H3. The van der Waals surface area contributed by atoms with Gasteiger partial charge in [0.1, 0.15) is 0 Å². The molecule has 0 aliphatic carbocycles. The van der Waals surface area contributed by atoms with Crippen molar-refractivity contribution in [3.05, 3.63) is 41.5 Å². The van der Waals surface area contributed by atoms with Crippen molar-refractivity contribution in [2.45, 2.75) is 81.6 Å². The summed E-state index contributed by atoms with van der Waals surface area (Å²) >= 11 is 0. The molecule has 0 aromatic heterocycles. The molecule has 0 saturated carbocycles. The predicted molar refractivity (Wildman–Crippen MR) is 98.5 cm³/mol. The lowest BCUT2D eigenvalue weighted by Crippen LogP contribution is -1.89. The Morgan fingerprint density at radius 2 is 1.40 bits per heavy atom. The minimum atomic E-state index is 1.09. The zero-order valence-corrected chi connectivity index (χ0v) is 15.6. The molecule has 0 amide bonds. The number of benzene rings is 1. The van der Waals surface area contributed by atoms with Crippen LogP contribution < -0.4 is 0 Å². The smallest absolute Gasteiger partial charge is 0.0201 e. The van der Waals surface area contributed by atoms with Gasteiger partial charge < -0.3 is 0 Å². The van der Waals surface area contributed by atoms with Crippen LogP contribution in [-0.2, 0) is 6.42 Å². The maximum Gasteiger partial charge on any atom is -0.0201 e. The molecule has 0 heteroatoms. The summed E-state index contributed by atoms with van der Waals surface area (Å²) in [5.41, 5.74) is 5.20. The molecule has 0 aliphatic heterocycles. The van der Waals surface area contributed by atoms with Crippen molar-refractivity contribution < 1.29 is 0 Å². The highest BCUT2D eigenvalue weighted by molar-refractivity contribution is 5.64. The quantitative estimate of drug-likeness (QED) is 0.538. The lowest BCUT2D eigenvalue weighted by molar-refractivity contribution is 0.886. The fourth-order valence-electron chi connectivity index (χ4n) is 1.43. The molecule has 1 aromatic rings. The molecule has 0 atom stereocenters. The Morgan fingerprint density at radius 1 is 0.950 bits per heavy atom. The Hall–Kier alpha value is -1.04. The molecule has 0 radical (unpaired) electrons. The van der Waals surface area contributed by atoms with Gasteiger partial charge in [-0.3, -0.25) is 0 Å². The van der Waals surface area contributed by atoms with Crippen molar-refractivity contribution in [3.63, 3.8) is 0 Å². The maximum atomic E-state index is 3.96. The van der Waals surface area contributed by atoms with E-state index in [9.17, 15) is 0 Å². The first-order chi connectivity index (χ1) is 9.56. The van der Waals surface area contributed by atoms with Gasteiger partial charge >= 0.3 is 0 Å². The van der Waals surface area contributed by atoms with Gasteiger partial charge in [0.15, 0.2) is 0 Å². The molecule has 0 saturated heterocycles. The third-order valence-electron chi connectivity index (χ3n) is 2.60. The van der Waals surface area contributed by atoms with Gasteiger partial charge in [-0.2, -0.15) is 0 Å². The fraction of sp³-hybridized carbons (Fsp3) is 0.600. The maximum absolute atomic E-state index is 3.96. The van der Waals surface area contributed by atoms with Crippen molar-refractivity contribution in [3.8, 4) is 0 Å². The first-order valence-electron chi connectivity index (χ1n) is 8.32. The van der Waals surface area contributed by atoms with Gasteiger partial charge in [-0.05, 0) is 31.4 Å². The molecule has 0 nitrogen and oxygen atoms in total. The summed E-state index contributed by atoms with van der Waals surface area (Å²) in [5.74, 6) is 0. The zero-order chi connectivity index (χ0) is 16.6. The molecule has 0 aliphatic rings. The second kappa shape index (κ2) is 18.0. The van der Waals surface area contributed by atoms with Gasteiger partial charge in [0.2, 0.25) is 0 Å². The van der Waals surface area contributed by atoms with Crippen molar-refractivity contribution in [1.29, 1.82) is 0 Å². The highest BCUT2D eigenvalue weighted by Gasteiger charge is 2.00. The van der Waals surface area contributed by atoms with Crippen LogP contribution in [0.25, 0.3) is 5.57 Å². The number of unbranched alkanes of at least 4 members (excludes halogenated alkanes) is 1. The Kier molecular flexibility index (Phi) is 21.6. The molecule has 1 rings (SSSR count). The van der Waals surface area contributed by atoms with Crippen LogP contribution in [0.15, 0.2) is 24.8 Å². The van der Waals surface area contributed by atoms with Crippen LogP contribution in [0.2, 0.25) is 0 Å². The molecule has 0 heterocycles. The summed E-state index contributed by atoms with van der Waals surface area (Å²) in [6.07, 6.45) is 3.73. The normalized spacial score (nSPS) is 8.05. The molecular weight excluding hydrogens is 240 g/mol. The van der Waals surface area contributed by atoms with E-state index in [0.29, 0.717) is 0 Å². The molecule has 0 spiro atoms. The minimum absolute atomic E-state index is 1.09. The lowest BCUT2D eigenvalue weighted by atomic mass is 9.98. The van der Waals surface area contributed by atoms with Crippen LogP contribution in [0.5, 0.6) is 0 Å². The van der Waals surface area contributed by atoms with Crippen LogP contribution in [-0.4, -0.2) is 0 Å². The van der Waals surface area contributed by atoms with E-state index in [4.69, 9.17) is 0 Å². The van der Waals surface area contributed by atoms with E-state index in [1.807, 2.05) is 27.7 Å². The van der Waals surface area contributed by atoms with Crippen LogP contribution in [0.4, 0.5) is 0 Å². The first kappa shape index (κ1) is 24.0. The van der Waals surface area contributed by atoms with Gasteiger partial charge in [-0.1, -0.05) is 97.2 Å². The second-order valence-corrected chi connectivity index (χ2v) is 4.29. The van der Waals surface area contributed by atoms with Crippen molar-refractivity contribution in [2.75, 3.05) is 0 Å². The second-order valence-electron chi connectivity index (χ2n) is 4.29. The molecule has 0 unspecified atom stereocenters. The van der Waals surface area contributed by atoms with Crippen LogP contribution in [0, 0.1) is 6.92 Å². The van der Waals surface area contributed by atoms with E-state index in [1.165, 1.54) is 29.5 Å². The van der Waals surface area contributed by atoms with E-state index in [-0.39, 0.29) is 0 Å². The Morgan fingerprint density at radius 3 is 1.70 bits per heavy atom. The van der Waals surface area contributed by atoms with E-state index in [0.717, 1.165) is 12.0 Å². The molecular formula is C20H38. The molecule has 20 heavy (non-hydrogen) atoms. The zero-order valence-electron chi connectivity index (χ0n) is 15.6. The van der Waals surface area contributed by atoms with E-state index in [1.54, 1.807) is 0 Å². The van der Waals surface area contributed by atoms with Gasteiger partial charge in [0, 0.05) is 0 Å². The summed E-state index contributed by atoms with van der Waals surface area (Å²) in [6, 6.07) is 6.55. The summed E-state index contributed by atoms with van der Waals surface area (Å²) in [7, 11) is 0. The average Bonchev–Trinajstić information content (AvgIpc) is 2.51. The third-order valence-corrected chi connectivity index (χ3v) is 2.60. The highest BCUT2D eigenvalue weighted by Crippen LogP contribution is 2.19. The number of aryl methyl sites for hydroxylation is 2. The van der Waals surface area contributed by atoms with Crippen molar-refractivity contribution in [1.82, 2.24) is 0 Å². The SMILES string of the molecule is C=C(C)c1ccc(C)cc1CC.CC.CC.CCCC. The van der Waals surface area contributed by atoms with Crippen molar-refractivity contribution >= 4 is 5.57 Å². The molecule has 1 aromatic carbocycles. The van der Waals surface area contributed by atoms with Gasteiger partial charge in [-0.25, -0.2) is 0 Å². The van der Waals surface area contributed by atoms with E-state index in [2.05, 4.69) is 59.4 Å². The van der Waals surface area contributed by atoms with Gasteiger partial charge in [0.25, 0.3) is 0 Å². The molecule has 118 valence electrons. The number of rotatable bonds is 3. The minimum Gasteiger partial charge on any atom is -0.0955 e. The lowest BCUT2D eigenvalue weighted by Gasteiger charge is -2.07. The Bertz CT molecular complexity index is 319. The Balaban J connectivity index is -0.000000306. The molecule has 0 bridgehead atoms. The average molecular weight is 279 g/mol. The predicted octanol–water partition coefficient (Wildman–Crippen LogP) is 7.45. The number of hydrogen-bond donors (Lipinski definition) is 0. The summed E-state index contributed by atoms with van der Waals surface area (Å²) in [5, 5.41) is 0. The van der Waals surface area contributed by atoms with Gasteiger partial charge in [-0.15, -0.1) is 0 Å². The highest BCUT2D eigenvalue weighted by atomic mass is 14.1. The monoisotopic (exact) mass is 278 g/mol. The largest absolute Gasteiger partial charge is 0.0955 e. The number of allylic oxidation sites excluding steroid dienone is 1. The Labute approximate surface area is 129 Å². The van der Waals surface area contributed by atoms with Crippen LogP contribution in [0.1, 0.15) is 84.9 Å². The topological polar surface area (TPSA) is 0 Å². The van der Waals surface area contributed by atoms with Crippen LogP contribution in [0.3, 0.4) is 0 Å². The first-order valence-corrected chi connectivity index (χ1v) is 8.32. The summed E-state index contributed by atoms with van der Waals surface area (Å²) in [4.78, 5) is 0. The third kappa shape index (κ3) is 12.0. The summed E-state index contributed by atoms with van der Waals surface area (Å²) in [6.45, 7) is 22.7. The summed E-state index contributed by atoms with van der Waals surface area (Å²) < 4.78 is 0. The van der Waals surface area contributed by atoms with E-state index < -0.39 is 0 Å². The fourth-order valence-corrected chi connectivity index (χ4v) is 1.43. The molecule has 0 fully saturated rings. The van der Waals surface area contributed by atoms with Crippen molar-refractivity contribution in [2.24, 2.45) is 0 Å². The van der Waals surface area contributed by atoms with Gasteiger partial charge in [0.05, 0.1) is 0 Å². The van der Waals surface area contributed by atoms with E-state index >= 15 is 0 Å². The molecule has 0 N–H and O–H groups in total. The number of hydrogen-bond acceptors (Lipinski definition) is 0.